The number of carbonyl (C=O) groups is 1. The largest absolute Gasteiger partial charge is 0.508 e. The monoisotopic (exact) mass is 278 g/mol. The van der Waals surface area contributed by atoms with Crippen LogP contribution in [0.2, 0.25) is 0 Å². The Morgan fingerprint density at radius 3 is 2.50 bits per heavy atom. The molecule has 1 aromatic rings. The first-order chi connectivity index (χ1) is 9.51. The summed E-state index contributed by atoms with van der Waals surface area (Å²) < 4.78 is 0. The molecule has 0 bridgehead atoms. The summed E-state index contributed by atoms with van der Waals surface area (Å²) in [6.07, 6.45) is 2.26. The maximum absolute atomic E-state index is 11.8. The van der Waals surface area contributed by atoms with Gasteiger partial charge in [-0.2, -0.15) is 0 Å². The average molecular weight is 278 g/mol. The zero-order valence-electron chi connectivity index (χ0n) is 12.4. The van der Waals surface area contributed by atoms with Gasteiger partial charge in [0.25, 0.3) is 0 Å². The van der Waals surface area contributed by atoms with Crippen molar-refractivity contribution in [2.45, 2.75) is 33.1 Å². The van der Waals surface area contributed by atoms with Crippen molar-refractivity contribution in [2.24, 2.45) is 17.6 Å². The second-order valence-electron chi connectivity index (χ2n) is 5.70. The molecule has 0 aliphatic carbocycles. The van der Waals surface area contributed by atoms with Gasteiger partial charge in [0.05, 0.1) is 0 Å². The van der Waals surface area contributed by atoms with Crippen molar-refractivity contribution < 1.29 is 9.90 Å². The Morgan fingerprint density at radius 2 is 1.95 bits per heavy atom. The van der Waals surface area contributed by atoms with E-state index in [1.807, 2.05) is 12.1 Å². The van der Waals surface area contributed by atoms with Crippen molar-refractivity contribution in [2.75, 3.05) is 13.1 Å². The number of nitrogens with two attached hydrogens (primary N) is 1. The molecule has 1 aromatic carbocycles. The predicted octanol–water partition coefficient (Wildman–Crippen LogP) is 2.06. The van der Waals surface area contributed by atoms with Gasteiger partial charge < -0.3 is 16.2 Å². The molecule has 112 valence electrons. The molecule has 4 N–H and O–H groups in total. The van der Waals surface area contributed by atoms with Gasteiger partial charge in [-0.25, -0.2) is 0 Å². The van der Waals surface area contributed by atoms with E-state index in [0.717, 1.165) is 18.4 Å². The van der Waals surface area contributed by atoms with Crippen LogP contribution in [0.1, 0.15) is 32.3 Å². The third-order valence-electron chi connectivity index (χ3n) is 3.28. The predicted molar refractivity (Wildman–Crippen MR) is 81.4 cm³/mol. The molecule has 0 aromatic heterocycles. The molecule has 1 amide bonds. The second-order valence-corrected chi connectivity index (χ2v) is 5.70. The highest BCUT2D eigenvalue weighted by atomic mass is 16.3. The van der Waals surface area contributed by atoms with Gasteiger partial charge in [-0.3, -0.25) is 4.79 Å². The molecule has 0 unspecified atom stereocenters. The van der Waals surface area contributed by atoms with Gasteiger partial charge in [-0.05, 0) is 48.9 Å². The Hall–Kier alpha value is -1.55. The van der Waals surface area contributed by atoms with E-state index in [-0.39, 0.29) is 17.6 Å². The minimum Gasteiger partial charge on any atom is -0.508 e. The van der Waals surface area contributed by atoms with E-state index in [2.05, 4.69) is 19.2 Å². The summed E-state index contributed by atoms with van der Waals surface area (Å²) in [5.41, 5.74) is 6.80. The normalized spacial score (nSPS) is 12.4. The molecule has 1 atom stereocenters. The van der Waals surface area contributed by atoms with E-state index >= 15 is 0 Å². The number of amides is 1. The molecule has 0 aliphatic rings. The molecule has 0 spiro atoms. The fourth-order valence-electron chi connectivity index (χ4n) is 2.27. The lowest BCUT2D eigenvalue weighted by atomic mass is 9.94. The van der Waals surface area contributed by atoms with Crippen LogP contribution in [0.5, 0.6) is 5.75 Å². The first-order valence-corrected chi connectivity index (χ1v) is 7.26. The standard InChI is InChI=1S/C16H26N2O2/c1-12(2)9-14(11-17)10-16(20)18-8-7-13-3-5-15(19)6-4-13/h3-6,12,14,19H,7-11,17H2,1-2H3,(H,18,20)/t14-/m0/s1. The van der Waals surface area contributed by atoms with Crippen LogP contribution in [0, 0.1) is 11.8 Å². The molecule has 0 saturated carbocycles. The molecular formula is C16H26N2O2. The lowest BCUT2D eigenvalue weighted by molar-refractivity contribution is -0.122. The highest BCUT2D eigenvalue weighted by molar-refractivity contribution is 5.76. The van der Waals surface area contributed by atoms with E-state index in [0.29, 0.717) is 25.4 Å². The number of aromatic hydroxyl groups is 1. The third-order valence-corrected chi connectivity index (χ3v) is 3.28. The Morgan fingerprint density at radius 1 is 1.30 bits per heavy atom. The number of hydrogen-bond acceptors (Lipinski definition) is 3. The zero-order chi connectivity index (χ0) is 15.0. The SMILES string of the molecule is CC(C)C[C@H](CN)CC(=O)NCCc1ccc(O)cc1. The van der Waals surface area contributed by atoms with Crippen molar-refractivity contribution in [1.82, 2.24) is 5.32 Å². The summed E-state index contributed by atoms with van der Waals surface area (Å²) in [6, 6.07) is 7.04. The Kier molecular flexibility index (Phi) is 7.09. The minimum absolute atomic E-state index is 0.0693. The van der Waals surface area contributed by atoms with E-state index in [4.69, 9.17) is 5.73 Å². The van der Waals surface area contributed by atoms with Gasteiger partial charge in [0, 0.05) is 13.0 Å². The average Bonchev–Trinajstić information content (AvgIpc) is 2.39. The van der Waals surface area contributed by atoms with Crippen molar-refractivity contribution in [3.63, 3.8) is 0 Å². The van der Waals surface area contributed by atoms with E-state index in [9.17, 15) is 9.90 Å². The van der Waals surface area contributed by atoms with Gasteiger partial charge in [-0.15, -0.1) is 0 Å². The molecule has 4 nitrogen and oxygen atoms in total. The van der Waals surface area contributed by atoms with Gasteiger partial charge in [0.1, 0.15) is 5.75 Å². The Bertz CT molecular complexity index is 401. The topological polar surface area (TPSA) is 75.4 Å². The van der Waals surface area contributed by atoms with Crippen LogP contribution in [-0.4, -0.2) is 24.1 Å². The zero-order valence-corrected chi connectivity index (χ0v) is 12.4. The molecule has 20 heavy (non-hydrogen) atoms. The van der Waals surface area contributed by atoms with Gasteiger partial charge in [0.2, 0.25) is 5.91 Å². The quantitative estimate of drug-likeness (QED) is 0.681. The van der Waals surface area contributed by atoms with Crippen LogP contribution in [0.15, 0.2) is 24.3 Å². The van der Waals surface area contributed by atoms with Crippen molar-refractivity contribution in [3.8, 4) is 5.75 Å². The fraction of sp³-hybridized carbons (Fsp3) is 0.562. The molecule has 0 radical (unpaired) electrons. The van der Waals surface area contributed by atoms with Crippen LogP contribution in [-0.2, 0) is 11.2 Å². The molecule has 4 heteroatoms. The molecule has 0 heterocycles. The number of rotatable bonds is 8. The van der Waals surface area contributed by atoms with Crippen LogP contribution in [0.3, 0.4) is 0 Å². The van der Waals surface area contributed by atoms with Crippen LogP contribution < -0.4 is 11.1 Å². The Balaban J connectivity index is 2.27. The van der Waals surface area contributed by atoms with E-state index < -0.39 is 0 Å². The van der Waals surface area contributed by atoms with Crippen molar-refractivity contribution >= 4 is 5.91 Å². The number of carbonyl (C=O) groups excluding carboxylic acids is 1. The van der Waals surface area contributed by atoms with Crippen LogP contribution in [0.4, 0.5) is 0 Å². The number of phenolic OH excluding ortho intramolecular Hbond substituents is 1. The number of hydrogen-bond donors (Lipinski definition) is 3. The van der Waals surface area contributed by atoms with E-state index in [1.165, 1.54) is 0 Å². The first kappa shape index (κ1) is 16.5. The van der Waals surface area contributed by atoms with Gasteiger partial charge in [-0.1, -0.05) is 26.0 Å². The molecule has 1 rings (SSSR count). The molecular weight excluding hydrogens is 252 g/mol. The maximum Gasteiger partial charge on any atom is 0.220 e. The van der Waals surface area contributed by atoms with Gasteiger partial charge in [0.15, 0.2) is 0 Å². The summed E-state index contributed by atoms with van der Waals surface area (Å²) in [5, 5.41) is 12.1. The maximum atomic E-state index is 11.8. The number of benzene rings is 1. The summed E-state index contributed by atoms with van der Waals surface area (Å²) >= 11 is 0. The highest BCUT2D eigenvalue weighted by Gasteiger charge is 2.13. The summed E-state index contributed by atoms with van der Waals surface area (Å²) in [4.78, 5) is 11.8. The fourth-order valence-corrected chi connectivity index (χ4v) is 2.27. The lowest BCUT2D eigenvalue weighted by Crippen LogP contribution is -2.30. The summed E-state index contributed by atoms with van der Waals surface area (Å²) in [6.45, 7) is 5.46. The molecule has 0 saturated heterocycles. The number of phenols is 1. The van der Waals surface area contributed by atoms with Crippen molar-refractivity contribution in [1.29, 1.82) is 0 Å². The first-order valence-electron chi connectivity index (χ1n) is 7.26. The third kappa shape index (κ3) is 6.57. The second kappa shape index (κ2) is 8.59. The molecule has 0 fully saturated rings. The van der Waals surface area contributed by atoms with E-state index in [1.54, 1.807) is 12.1 Å². The number of nitrogens with one attached hydrogen (secondary N) is 1. The minimum atomic E-state index is 0.0693. The summed E-state index contributed by atoms with van der Waals surface area (Å²) in [5.74, 6) is 1.16. The smallest absolute Gasteiger partial charge is 0.220 e. The van der Waals surface area contributed by atoms with Crippen molar-refractivity contribution in [3.05, 3.63) is 29.8 Å². The van der Waals surface area contributed by atoms with Crippen LogP contribution >= 0.6 is 0 Å². The Labute approximate surface area is 121 Å². The van der Waals surface area contributed by atoms with Gasteiger partial charge >= 0.3 is 0 Å². The lowest BCUT2D eigenvalue weighted by Gasteiger charge is -2.16. The highest BCUT2D eigenvalue weighted by Crippen LogP contribution is 2.14. The van der Waals surface area contributed by atoms with Crippen LogP contribution in [0.25, 0.3) is 0 Å². The summed E-state index contributed by atoms with van der Waals surface area (Å²) in [7, 11) is 0. The molecule has 0 aliphatic heterocycles.